The van der Waals surface area contributed by atoms with E-state index in [-0.39, 0.29) is 9.91 Å². The molecule has 1 saturated heterocycles. The maximum Gasteiger partial charge on any atom is 0.0928 e. The number of halogens is 3. The van der Waals surface area contributed by atoms with Gasteiger partial charge in [0.25, 0.3) is 0 Å². The lowest BCUT2D eigenvalue weighted by Crippen LogP contribution is -2.36. The number of thioether (sulfide) groups is 2. The maximum atomic E-state index is 7.75. The predicted octanol–water partition coefficient (Wildman–Crippen LogP) is 5.86. The second kappa shape index (κ2) is 7.89. The molecular formula is C15H19Cl3N2S2. The Morgan fingerprint density at radius 1 is 1.36 bits per heavy atom. The molecule has 22 heavy (non-hydrogen) atoms. The van der Waals surface area contributed by atoms with E-state index in [4.69, 9.17) is 45.9 Å². The molecule has 2 atom stereocenters. The second-order valence-electron chi connectivity index (χ2n) is 5.42. The standard InChI is InChI=1S/C15H19Cl3N2S2/c1-2-10-3-4-21-15(22-10,8-14(19)20)7-11-12(17)5-9(16)6-13(11)18/h5-6,10H,2-4,7-8H2,1H3,(H3,19,20). The molecule has 1 aromatic rings. The molecule has 2 rings (SSSR count). The average molecular weight is 398 g/mol. The van der Waals surface area contributed by atoms with Gasteiger partial charge >= 0.3 is 0 Å². The third-order valence-corrected chi connectivity index (χ3v) is 8.06. The Hall–Kier alpha value is 0.260. The highest BCUT2D eigenvalue weighted by atomic mass is 35.5. The fourth-order valence-corrected chi connectivity index (χ4v) is 7.39. The minimum absolute atomic E-state index is 0.175. The van der Waals surface area contributed by atoms with Crippen LogP contribution in [-0.2, 0) is 6.42 Å². The summed E-state index contributed by atoms with van der Waals surface area (Å²) in [7, 11) is 0. The summed E-state index contributed by atoms with van der Waals surface area (Å²) in [5.74, 6) is 1.28. The van der Waals surface area contributed by atoms with Crippen molar-refractivity contribution in [2.24, 2.45) is 5.73 Å². The fourth-order valence-electron chi connectivity index (χ4n) is 2.61. The highest BCUT2D eigenvalue weighted by Crippen LogP contribution is 2.52. The van der Waals surface area contributed by atoms with E-state index in [1.807, 2.05) is 23.5 Å². The fraction of sp³-hybridized carbons (Fsp3) is 0.533. The lowest BCUT2D eigenvalue weighted by Gasteiger charge is -2.40. The van der Waals surface area contributed by atoms with Gasteiger partial charge in [-0.25, -0.2) is 0 Å². The lowest BCUT2D eigenvalue weighted by atomic mass is 10.1. The van der Waals surface area contributed by atoms with Crippen LogP contribution in [0, 0.1) is 5.41 Å². The average Bonchev–Trinajstić information content (AvgIpc) is 2.42. The molecule has 0 aromatic heterocycles. The molecule has 1 aliphatic heterocycles. The number of hydrogen-bond donors (Lipinski definition) is 2. The zero-order valence-electron chi connectivity index (χ0n) is 12.3. The van der Waals surface area contributed by atoms with Crippen molar-refractivity contribution in [1.82, 2.24) is 0 Å². The molecule has 0 aliphatic carbocycles. The van der Waals surface area contributed by atoms with E-state index < -0.39 is 0 Å². The Bertz CT molecular complexity index is 545. The minimum Gasteiger partial charge on any atom is -0.388 e. The monoisotopic (exact) mass is 396 g/mol. The van der Waals surface area contributed by atoms with E-state index in [1.54, 1.807) is 12.1 Å². The molecule has 0 spiro atoms. The summed E-state index contributed by atoms with van der Waals surface area (Å²) in [6, 6.07) is 3.45. The molecule has 0 bridgehead atoms. The highest BCUT2D eigenvalue weighted by Gasteiger charge is 2.39. The minimum atomic E-state index is -0.175. The van der Waals surface area contributed by atoms with Crippen molar-refractivity contribution in [2.45, 2.75) is 41.9 Å². The molecule has 7 heteroatoms. The summed E-state index contributed by atoms with van der Waals surface area (Å²) in [5.41, 5.74) is 6.61. The van der Waals surface area contributed by atoms with Crippen LogP contribution in [0.2, 0.25) is 15.1 Å². The van der Waals surface area contributed by atoms with Crippen LogP contribution in [0.4, 0.5) is 0 Å². The summed E-state index contributed by atoms with van der Waals surface area (Å²) < 4.78 is -0.175. The van der Waals surface area contributed by atoms with Crippen LogP contribution in [0.25, 0.3) is 0 Å². The van der Waals surface area contributed by atoms with E-state index in [0.29, 0.717) is 33.2 Å². The van der Waals surface area contributed by atoms with Crippen LogP contribution >= 0.6 is 58.3 Å². The Kier molecular flexibility index (Phi) is 6.67. The third-order valence-electron chi connectivity index (χ3n) is 3.65. The van der Waals surface area contributed by atoms with Gasteiger partial charge < -0.3 is 5.73 Å². The van der Waals surface area contributed by atoms with E-state index in [0.717, 1.165) is 17.7 Å². The summed E-state index contributed by atoms with van der Waals surface area (Å²) in [5, 5.41) is 10.0. The predicted molar refractivity (Wildman–Crippen MR) is 103 cm³/mol. The van der Waals surface area contributed by atoms with E-state index in [2.05, 4.69) is 6.92 Å². The van der Waals surface area contributed by atoms with Gasteiger partial charge in [-0.2, -0.15) is 0 Å². The van der Waals surface area contributed by atoms with Crippen LogP contribution in [0.15, 0.2) is 12.1 Å². The molecule has 2 unspecified atom stereocenters. The second-order valence-corrected chi connectivity index (χ2v) is 10.1. The summed E-state index contributed by atoms with van der Waals surface area (Å²) >= 11 is 22.5. The first-order valence-electron chi connectivity index (χ1n) is 7.13. The Morgan fingerprint density at radius 2 is 2.00 bits per heavy atom. The first kappa shape index (κ1) is 18.6. The quantitative estimate of drug-likeness (QED) is 0.483. The van der Waals surface area contributed by atoms with Crippen LogP contribution in [0.5, 0.6) is 0 Å². The largest absolute Gasteiger partial charge is 0.388 e. The van der Waals surface area contributed by atoms with Gasteiger partial charge in [0.1, 0.15) is 0 Å². The number of nitrogens with one attached hydrogen (secondary N) is 1. The number of rotatable bonds is 5. The van der Waals surface area contributed by atoms with Gasteiger partial charge in [0, 0.05) is 26.7 Å². The molecule has 1 aromatic carbocycles. The SMILES string of the molecule is CCC1CCSC(CC(=N)N)(Cc2c(Cl)cc(Cl)cc2Cl)S1. The van der Waals surface area contributed by atoms with Gasteiger partial charge in [-0.1, -0.05) is 41.7 Å². The first-order valence-corrected chi connectivity index (χ1v) is 10.1. The summed E-state index contributed by atoms with van der Waals surface area (Å²) in [6.45, 7) is 2.20. The smallest absolute Gasteiger partial charge is 0.0928 e. The molecule has 0 radical (unpaired) electrons. The van der Waals surface area contributed by atoms with Gasteiger partial charge in [0.05, 0.1) is 9.91 Å². The zero-order valence-corrected chi connectivity index (χ0v) is 16.2. The highest BCUT2D eigenvalue weighted by molar-refractivity contribution is 8.19. The van der Waals surface area contributed by atoms with Gasteiger partial charge in [-0.05, 0) is 42.7 Å². The number of amidine groups is 1. The molecule has 122 valence electrons. The van der Waals surface area contributed by atoms with Crippen molar-refractivity contribution in [2.75, 3.05) is 5.75 Å². The Morgan fingerprint density at radius 3 is 2.55 bits per heavy atom. The van der Waals surface area contributed by atoms with E-state index in [1.165, 1.54) is 6.42 Å². The Labute approximate surface area is 155 Å². The third kappa shape index (κ3) is 4.64. The van der Waals surface area contributed by atoms with Crippen molar-refractivity contribution in [1.29, 1.82) is 5.41 Å². The molecule has 0 saturated carbocycles. The van der Waals surface area contributed by atoms with Gasteiger partial charge in [-0.15, -0.1) is 23.5 Å². The van der Waals surface area contributed by atoms with E-state index >= 15 is 0 Å². The number of nitrogens with two attached hydrogens (primary N) is 1. The molecule has 1 aliphatic rings. The van der Waals surface area contributed by atoms with Crippen LogP contribution in [0.1, 0.15) is 31.7 Å². The molecule has 1 heterocycles. The zero-order chi connectivity index (χ0) is 16.3. The van der Waals surface area contributed by atoms with Gasteiger partial charge in [0.2, 0.25) is 0 Å². The summed E-state index contributed by atoms with van der Waals surface area (Å²) in [4.78, 5) is 0. The molecular weight excluding hydrogens is 379 g/mol. The van der Waals surface area contributed by atoms with Crippen LogP contribution in [-0.4, -0.2) is 20.9 Å². The summed E-state index contributed by atoms with van der Waals surface area (Å²) in [6.07, 6.45) is 3.53. The van der Waals surface area contributed by atoms with E-state index in [9.17, 15) is 0 Å². The van der Waals surface area contributed by atoms with Crippen molar-refractivity contribution in [3.05, 3.63) is 32.8 Å². The van der Waals surface area contributed by atoms with Crippen LogP contribution in [0.3, 0.4) is 0 Å². The maximum absolute atomic E-state index is 7.75. The first-order chi connectivity index (χ1) is 10.3. The van der Waals surface area contributed by atoms with Gasteiger partial charge in [0.15, 0.2) is 0 Å². The molecule has 1 fully saturated rings. The number of benzene rings is 1. The van der Waals surface area contributed by atoms with Crippen molar-refractivity contribution in [3.63, 3.8) is 0 Å². The van der Waals surface area contributed by atoms with Crippen molar-refractivity contribution < 1.29 is 0 Å². The normalized spacial score (nSPS) is 25.2. The lowest BCUT2D eigenvalue weighted by molar-refractivity contribution is 0.739. The topological polar surface area (TPSA) is 49.9 Å². The molecule has 3 N–H and O–H groups in total. The molecule has 0 amide bonds. The van der Waals surface area contributed by atoms with Crippen molar-refractivity contribution >= 4 is 64.2 Å². The number of hydrogen-bond acceptors (Lipinski definition) is 3. The molecule has 2 nitrogen and oxygen atoms in total. The van der Waals surface area contributed by atoms with Crippen LogP contribution < -0.4 is 5.73 Å². The Balaban J connectivity index is 2.33. The van der Waals surface area contributed by atoms with Crippen molar-refractivity contribution in [3.8, 4) is 0 Å². The van der Waals surface area contributed by atoms with Gasteiger partial charge in [-0.3, -0.25) is 5.41 Å².